The first kappa shape index (κ1) is 52.2. The predicted octanol–water partition coefficient (Wildman–Crippen LogP) is 2.76. The Labute approximate surface area is 358 Å². The van der Waals surface area contributed by atoms with Crippen molar-refractivity contribution in [1.29, 1.82) is 0 Å². The highest BCUT2D eigenvalue weighted by molar-refractivity contribution is 5.92. The summed E-state index contributed by atoms with van der Waals surface area (Å²) in [7, 11) is 5.79. The molecule has 3 heterocycles. The number of ketones is 2. The van der Waals surface area contributed by atoms with Crippen LogP contribution in [0.1, 0.15) is 81.1 Å². The lowest BCUT2D eigenvalue weighted by atomic mass is 9.79. The third-order valence-electron chi connectivity index (χ3n) is 11.5. The zero-order chi connectivity index (χ0) is 45.7. The van der Waals surface area contributed by atoms with Gasteiger partial charge in [0, 0.05) is 66.5 Å². The average molecular weight is 873 g/mol. The van der Waals surface area contributed by atoms with Crippen LogP contribution < -0.4 is 0 Å². The van der Waals surface area contributed by atoms with E-state index in [0.717, 1.165) is 13.8 Å². The first-order valence-electron chi connectivity index (χ1n) is 20.8. The number of aliphatic hydroxyl groups excluding tert-OH is 2. The van der Waals surface area contributed by atoms with Crippen LogP contribution in [0.2, 0.25) is 0 Å². The number of carbonyl (C=O) groups excluding carboxylic acids is 5. The molecule has 0 spiro atoms. The maximum absolute atomic E-state index is 13.8. The molecule has 0 aromatic carbocycles. The van der Waals surface area contributed by atoms with Crippen molar-refractivity contribution >= 4 is 29.5 Å². The zero-order valence-electron chi connectivity index (χ0n) is 37.5. The Kier molecular flexibility index (Phi) is 21.1. The molecular weight excluding hydrogens is 804 g/mol. The van der Waals surface area contributed by atoms with Crippen LogP contribution in [-0.2, 0) is 76.1 Å². The van der Waals surface area contributed by atoms with Gasteiger partial charge in [0.2, 0.25) is 18.2 Å². The molecule has 0 aromatic heterocycles. The van der Waals surface area contributed by atoms with Crippen molar-refractivity contribution in [1.82, 2.24) is 0 Å². The summed E-state index contributed by atoms with van der Waals surface area (Å²) in [5.74, 6) is -6.11. The summed E-state index contributed by atoms with van der Waals surface area (Å²) < 4.78 is 63.7. The van der Waals surface area contributed by atoms with Crippen LogP contribution in [0.15, 0.2) is 23.8 Å². The summed E-state index contributed by atoms with van der Waals surface area (Å²) in [5, 5.41) is 22.5. The average Bonchev–Trinajstić information content (AvgIpc) is 3.21. The lowest BCUT2D eigenvalue weighted by Gasteiger charge is -2.43. The molecule has 18 heteroatoms. The number of rotatable bonds is 14. The fourth-order valence-electron chi connectivity index (χ4n) is 8.04. The number of ether oxygens (including phenoxy) is 11. The molecule has 0 aliphatic carbocycles. The van der Waals surface area contributed by atoms with Gasteiger partial charge in [-0.3, -0.25) is 24.0 Å². The number of carbonyl (C=O) groups is 5. The summed E-state index contributed by atoms with van der Waals surface area (Å²) in [6.45, 7) is 12.4. The Morgan fingerprint density at radius 1 is 0.836 bits per heavy atom. The number of methoxy groups -OCH3 is 4. The largest absolute Gasteiger partial charge is 0.462 e. The molecule has 0 unspecified atom stereocenters. The Hall–Kier alpha value is -3.17. The summed E-state index contributed by atoms with van der Waals surface area (Å²) in [5.41, 5.74) is 0.671. The molecule has 2 saturated heterocycles. The zero-order valence-corrected chi connectivity index (χ0v) is 37.5. The highest BCUT2D eigenvalue weighted by Gasteiger charge is 2.50. The Balaban J connectivity index is 2.06. The van der Waals surface area contributed by atoms with Gasteiger partial charge in [-0.25, -0.2) is 0 Å². The van der Waals surface area contributed by atoms with Crippen molar-refractivity contribution in [2.24, 2.45) is 23.7 Å². The summed E-state index contributed by atoms with van der Waals surface area (Å²) >= 11 is 0. The van der Waals surface area contributed by atoms with E-state index in [4.69, 9.17) is 52.1 Å². The van der Waals surface area contributed by atoms with Crippen LogP contribution in [0, 0.1) is 23.7 Å². The van der Waals surface area contributed by atoms with Gasteiger partial charge in [0.25, 0.3) is 0 Å². The van der Waals surface area contributed by atoms with Gasteiger partial charge in [0.1, 0.15) is 30.5 Å². The number of Topliss-reactive ketones (excluding diaryl/α,β-unsaturated/α-hetero) is 1. The minimum absolute atomic E-state index is 0.0256. The van der Waals surface area contributed by atoms with E-state index in [0.29, 0.717) is 12.0 Å². The van der Waals surface area contributed by atoms with Crippen molar-refractivity contribution in [2.75, 3.05) is 35.0 Å². The fraction of sp³-hybridized carbons (Fsp3) is 0.791. The molecule has 16 atom stereocenters. The number of hydrogen-bond acceptors (Lipinski definition) is 18. The van der Waals surface area contributed by atoms with Gasteiger partial charge in [-0.05, 0) is 45.6 Å². The second kappa shape index (κ2) is 24.6. The molecule has 0 aromatic rings. The van der Waals surface area contributed by atoms with E-state index in [1.165, 1.54) is 41.4 Å². The van der Waals surface area contributed by atoms with Crippen molar-refractivity contribution in [2.45, 2.75) is 161 Å². The summed E-state index contributed by atoms with van der Waals surface area (Å²) in [4.78, 5) is 65.5. The second-order valence-electron chi connectivity index (χ2n) is 16.1. The highest BCUT2D eigenvalue weighted by atomic mass is 16.7. The van der Waals surface area contributed by atoms with E-state index in [9.17, 15) is 34.2 Å². The fourth-order valence-corrected chi connectivity index (χ4v) is 8.04. The van der Waals surface area contributed by atoms with Crippen LogP contribution in [0.25, 0.3) is 0 Å². The second-order valence-corrected chi connectivity index (χ2v) is 16.1. The van der Waals surface area contributed by atoms with Gasteiger partial charge in [-0.15, -0.1) is 0 Å². The standard InChI is InChI=1S/C43H68O18/c1-13-32-29(20-55-42-41(54-12)39(53-11)35(49)24(5)56-42)16-21(2)14-15-30(46)22(3)17-28(18-34(51-9)52-10)37(23(4)31(47)19-33(48)60-32)61-43-40(59-27(8)45)36(50)38(25(6)57-43)58-26(7)44/h14-16,22-25,28-29,31-32,34-35,37-43,47,49H,13,17-20H2,1-12H3/b15-14+,21-16+/t22-,23+,24-,25+,28-,29-,31-,32-,35-,37-,38+,39-,40+,41-,42-,43-/m1/s1. The molecule has 2 fully saturated rings. The van der Waals surface area contributed by atoms with Crippen LogP contribution >= 0.6 is 0 Å². The number of esters is 3. The lowest BCUT2D eigenvalue weighted by Crippen LogP contribution is -2.59. The SMILES string of the molecule is CC[C@H]1OC(=O)C[C@@H](O)[C@H](C)[C@@H](O[C@H]2O[C@@H](C)[C@H](OC(C)=O)C(=O)[C@@H]2OC(C)=O)[C@@H](CC(OC)OC)C[C@@H](C)C(=O)/C=C/C(C)=C/[C@@H]1CO[C@@H]1O[C@H](C)[C@@H](O)[C@@H](OC)[C@H]1OC. The van der Waals surface area contributed by atoms with Gasteiger partial charge < -0.3 is 62.3 Å². The number of cyclic esters (lactones) is 1. The molecule has 61 heavy (non-hydrogen) atoms. The Morgan fingerprint density at radius 3 is 2.02 bits per heavy atom. The van der Waals surface area contributed by atoms with E-state index in [-0.39, 0.29) is 25.2 Å². The minimum atomic E-state index is -1.68. The van der Waals surface area contributed by atoms with Crippen molar-refractivity contribution in [3.63, 3.8) is 0 Å². The van der Waals surface area contributed by atoms with Gasteiger partial charge >= 0.3 is 17.9 Å². The molecule has 3 rings (SSSR count). The minimum Gasteiger partial charge on any atom is -0.462 e. The molecule has 2 N–H and O–H groups in total. The molecule has 3 aliphatic rings. The number of hydrogen-bond donors (Lipinski definition) is 2. The van der Waals surface area contributed by atoms with Crippen LogP contribution in [0.5, 0.6) is 0 Å². The van der Waals surface area contributed by atoms with Gasteiger partial charge in [0.15, 0.2) is 24.5 Å². The normalized spacial score (nSPS) is 38.6. The molecule has 348 valence electrons. The van der Waals surface area contributed by atoms with Crippen molar-refractivity contribution in [3.05, 3.63) is 23.8 Å². The Morgan fingerprint density at radius 2 is 1.44 bits per heavy atom. The quantitative estimate of drug-likeness (QED) is 0.145. The third-order valence-corrected chi connectivity index (χ3v) is 11.5. The van der Waals surface area contributed by atoms with E-state index in [1.807, 2.05) is 13.0 Å². The molecule has 3 aliphatic heterocycles. The predicted molar refractivity (Wildman–Crippen MR) is 214 cm³/mol. The van der Waals surface area contributed by atoms with Crippen molar-refractivity contribution in [3.8, 4) is 0 Å². The first-order valence-corrected chi connectivity index (χ1v) is 20.8. The van der Waals surface area contributed by atoms with E-state index in [1.54, 1.807) is 33.8 Å². The van der Waals surface area contributed by atoms with Crippen molar-refractivity contribution < 1.29 is 86.3 Å². The molecule has 0 radical (unpaired) electrons. The van der Waals surface area contributed by atoms with E-state index < -0.39 is 134 Å². The molecule has 18 nitrogen and oxygen atoms in total. The molecule has 0 amide bonds. The Bertz CT molecular complexity index is 1510. The monoisotopic (exact) mass is 872 g/mol. The third kappa shape index (κ3) is 14.4. The topological polar surface area (TPSA) is 227 Å². The summed E-state index contributed by atoms with van der Waals surface area (Å²) in [6, 6.07) is 0. The van der Waals surface area contributed by atoms with E-state index in [2.05, 4.69) is 0 Å². The highest BCUT2D eigenvalue weighted by Crippen LogP contribution is 2.36. The van der Waals surface area contributed by atoms with Gasteiger partial charge in [0.05, 0.1) is 31.3 Å². The molecule has 0 saturated carbocycles. The molecular formula is C43H68O18. The van der Waals surface area contributed by atoms with Crippen LogP contribution in [0.3, 0.4) is 0 Å². The first-order chi connectivity index (χ1) is 28.8. The maximum Gasteiger partial charge on any atom is 0.308 e. The summed E-state index contributed by atoms with van der Waals surface area (Å²) in [6.07, 6.45) is -8.77. The van der Waals surface area contributed by atoms with Gasteiger partial charge in [-0.2, -0.15) is 0 Å². The van der Waals surface area contributed by atoms with Crippen LogP contribution in [0.4, 0.5) is 0 Å². The lowest BCUT2D eigenvalue weighted by molar-refractivity contribution is -0.304. The van der Waals surface area contributed by atoms with Gasteiger partial charge in [-0.1, -0.05) is 38.5 Å². The van der Waals surface area contributed by atoms with Crippen LogP contribution in [-0.4, -0.2) is 155 Å². The maximum atomic E-state index is 13.8. The van der Waals surface area contributed by atoms with E-state index >= 15 is 0 Å². The smallest absolute Gasteiger partial charge is 0.308 e. The number of allylic oxidation sites excluding steroid dienone is 3. The number of aliphatic hydroxyl groups is 2. The molecule has 0 bridgehead atoms.